The van der Waals surface area contributed by atoms with Gasteiger partial charge in [-0.2, -0.15) is 0 Å². The number of benzene rings is 1. The molecular formula is C16H11NO2. The van der Waals surface area contributed by atoms with Gasteiger partial charge in [-0.15, -0.1) is 0 Å². The molecule has 92 valence electrons. The number of nitrogens with zero attached hydrogens (tertiary/aromatic N) is 1. The topological polar surface area (TPSA) is 43.1 Å². The van der Waals surface area contributed by atoms with Crippen molar-refractivity contribution in [2.75, 3.05) is 0 Å². The second-order valence-electron chi connectivity index (χ2n) is 4.19. The highest BCUT2D eigenvalue weighted by Crippen LogP contribution is 2.22. The first-order valence-electron chi connectivity index (χ1n) is 5.88. The average Bonchev–Trinajstić information content (AvgIpc) is 2.47. The van der Waals surface area contributed by atoms with Crippen LogP contribution in [-0.2, 0) is 0 Å². The number of fused-ring (bicyclic) bond motifs is 1. The van der Waals surface area contributed by atoms with Crippen LogP contribution in [0, 0.1) is 0 Å². The molecule has 0 amide bonds. The summed E-state index contributed by atoms with van der Waals surface area (Å²) in [7, 11) is 0. The van der Waals surface area contributed by atoms with Crippen molar-refractivity contribution in [2.24, 2.45) is 0 Å². The number of pyridine rings is 1. The number of aromatic nitrogens is 1. The first-order chi connectivity index (χ1) is 9.25. The van der Waals surface area contributed by atoms with Gasteiger partial charge in [-0.1, -0.05) is 18.7 Å². The monoisotopic (exact) mass is 249 g/mol. The van der Waals surface area contributed by atoms with Gasteiger partial charge in [-0.05, 0) is 29.8 Å². The molecule has 0 radical (unpaired) electrons. The van der Waals surface area contributed by atoms with Crippen LogP contribution in [0.1, 0.15) is 11.3 Å². The standard InChI is InChI=1S/C16H11NO2/c1-11(14-4-2-3-8-17-14)12-5-6-16-13(10-12)15(18)7-9-19-16/h2-10H,1H2. The van der Waals surface area contributed by atoms with E-state index in [-0.39, 0.29) is 5.43 Å². The Balaban J connectivity index is 2.14. The molecule has 3 heteroatoms. The second kappa shape index (κ2) is 4.53. The lowest BCUT2D eigenvalue weighted by molar-refractivity contribution is 0.602. The molecule has 0 fully saturated rings. The van der Waals surface area contributed by atoms with E-state index < -0.39 is 0 Å². The quantitative estimate of drug-likeness (QED) is 0.700. The Morgan fingerprint density at radius 2 is 2.05 bits per heavy atom. The van der Waals surface area contributed by atoms with E-state index in [0.29, 0.717) is 11.0 Å². The molecule has 3 rings (SSSR count). The molecule has 0 bridgehead atoms. The maximum absolute atomic E-state index is 11.8. The SMILES string of the molecule is C=C(c1ccc2occc(=O)c2c1)c1ccccn1. The van der Waals surface area contributed by atoms with Crippen LogP contribution in [0.25, 0.3) is 16.5 Å². The Kier molecular flexibility index (Phi) is 2.72. The van der Waals surface area contributed by atoms with E-state index >= 15 is 0 Å². The fourth-order valence-corrected chi connectivity index (χ4v) is 1.96. The summed E-state index contributed by atoms with van der Waals surface area (Å²) < 4.78 is 5.29. The number of hydrogen-bond acceptors (Lipinski definition) is 3. The Morgan fingerprint density at radius 3 is 2.84 bits per heavy atom. The Bertz CT molecular complexity index is 804. The maximum atomic E-state index is 11.8. The summed E-state index contributed by atoms with van der Waals surface area (Å²) in [6.45, 7) is 4.04. The zero-order chi connectivity index (χ0) is 13.2. The van der Waals surface area contributed by atoms with E-state index in [0.717, 1.165) is 16.8 Å². The molecule has 3 nitrogen and oxygen atoms in total. The van der Waals surface area contributed by atoms with Gasteiger partial charge in [0.25, 0.3) is 0 Å². The predicted molar refractivity (Wildman–Crippen MR) is 74.9 cm³/mol. The third-order valence-electron chi connectivity index (χ3n) is 2.98. The number of rotatable bonds is 2. The maximum Gasteiger partial charge on any atom is 0.192 e. The highest BCUT2D eigenvalue weighted by atomic mass is 16.3. The van der Waals surface area contributed by atoms with Crippen LogP contribution >= 0.6 is 0 Å². The van der Waals surface area contributed by atoms with Crippen LogP contribution in [0.2, 0.25) is 0 Å². The molecule has 0 aliphatic carbocycles. The van der Waals surface area contributed by atoms with Crippen LogP contribution in [0.4, 0.5) is 0 Å². The first kappa shape index (κ1) is 11.4. The van der Waals surface area contributed by atoms with E-state index in [1.807, 2.05) is 24.3 Å². The fourth-order valence-electron chi connectivity index (χ4n) is 1.96. The van der Waals surface area contributed by atoms with Crippen molar-refractivity contribution < 1.29 is 4.42 Å². The summed E-state index contributed by atoms with van der Waals surface area (Å²) >= 11 is 0. The normalized spacial score (nSPS) is 10.5. The summed E-state index contributed by atoms with van der Waals surface area (Å²) in [6.07, 6.45) is 3.12. The van der Waals surface area contributed by atoms with E-state index in [4.69, 9.17) is 4.42 Å². The summed E-state index contributed by atoms with van der Waals surface area (Å²) in [5.74, 6) is 0. The van der Waals surface area contributed by atoms with Crippen LogP contribution in [0.3, 0.4) is 0 Å². The van der Waals surface area contributed by atoms with Crippen molar-refractivity contribution in [1.29, 1.82) is 0 Å². The largest absolute Gasteiger partial charge is 0.464 e. The number of hydrogen-bond donors (Lipinski definition) is 0. The van der Waals surface area contributed by atoms with E-state index in [1.54, 1.807) is 18.3 Å². The molecule has 0 aliphatic heterocycles. The van der Waals surface area contributed by atoms with Crippen molar-refractivity contribution in [3.63, 3.8) is 0 Å². The predicted octanol–water partition coefficient (Wildman–Crippen LogP) is 3.25. The summed E-state index contributed by atoms with van der Waals surface area (Å²) in [6, 6.07) is 12.5. The molecule has 0 spiro atoms. The van der Waals surface area contributed by atoms with Gasteiger partial charge in [-0.3, -0.25) is 9.78 Å². The molecule has 0 saturated heterocycles. The van der Waals surface area contributed by atoms with E-state index in [1.165, 1.54) is 12.3 Å². The van der Waals surface area contributed by atoms with Crippen LogP contribution in [-0.4, -0.2) is 4.98 Å². The van der Waals surface area contributed by atoms with Crippen molar-refractivity contribution in [3.8, 4) is 0 Å². The first-order valence-corrected chi connectivity index (χ1v) is 5.88. The summed E-state index contributed by atoms with van der Waals surface area (Å²) in [4.78, 5) is 16.0. The fraction of sp³-hybridized carbons (Fsp3) is 0. The second-order valence-corrected chi connectivity index (χ2v) is 4.19. The van der Waals surface area contributed by atoms with E-state index in [2.05, 4.69) is 11.6 Å². The van der Waals surface area contributed by atoms with Crippen LogP contribution < -0.4 is 5.43 Å². The molecule has 0 unspecified atom stereocenters. The zero-order valence-corrected chi connectivity index (χ0v) is 10.2. The van der Waals surface area contributed by atoms with Gasteiger partial charge in [0.1, 0.15) is 5.58 Å². The molecule has 3 aromatic rings. The van der Waals surface area contributed by atoms with Gasteiger partial charge < -0.3 is 4.42 Å². The summed E-state index contributed by atoms with van der Waals surface area (Å²) in [5.41, 5.74) is 2.96. The lowest BCUT2D eigenvalue weighted by atomic mass is 10.0. The van der Waals surface area contributed by atoms with Gasteiger partial charge >= 0.3 is 0 Å². The minimum atomic E-state index is -0.0584. The van der Waals surface area contributed by atoms with Crippen molar-refractivity contribution in [3.05, 3.63) is 83.0 Å². The molecule has 0 N–H and O–H groups in total. The third kappa shape index (κ3) is 2.06. The van der Waals surface area contributed by atoms with Crippen LogP contribution in [0.5, 0.6) is 0 Å². The molecular weight excluding hydrogens is 238 g/mol. The minimum absolute atomic E-state index is 0.0584. The molecule has 0 atom stereocenters. The smallest absolute Gasteiger partial charge is 0.192 e. The van der Waals surface area contributed by atoms with Gasteiger partial charge in [0.15, 0.2) is 5.43 Å². The lowest BCUT2D eigenvalue weighted by Gasteiger charge is -2.06. The van der Waals surface area contributed by atoms with Crippen molar-refractivity contribution in [2.45, 2.75) is 0 Å². The highest BCUT2D eigenvalue weighted by Gasteiger charge is 2.06. The zero-order valence-electron chi connectivity index (χ0n) is 10.2. The van der Waals surface area contributed by atoms with Gasteiger partial charge in [0.2, 0.25) is 0 Å². The molecule has 2 aromatic heterocycles. The van der Waals surface area contributed by atoms with Gasteiger partial charge in [-0.25, -0.2) is 0 Å². The van der Waals surface area contributed by atoms with Crippen LogP contribution in [0.15, 0.2) is 70.7 Å². The molecule has 0 aliphatic rings. The molecule has 1 aromatic carbocycles. The Labute approximate surface area is 109 Å². The molecule has 19 heavy (non-hydrogen) atoms. The highest BCUT2D eigenvalue weighted by molar-refractivity contribution is 5.84. The molecule has 0 saturated carbocycles. The lowest BCUT2D eigenvalue weighted by Crippen LogP contribution is -1.99. The van der Waals surface area contributed by atoms with Gasteiger partial charge in [0, 0.05) is 17.8 Å². The van der Waals surface area contributed by atoms with Crippen molar-refractivity contribution >= 4 is 16.5 Å². The van der Waals surface area contributed by atoms with Crippen molar-refractivity contribution in [1.82, 2.24) is 4.98 Å². The van der Waals surface area contributed by atoms with Gasteiger partial charge in [0.05, 0.1) is 17.3 Å². The minimum Gasteiger partial charge on any atom is -0.464 e. The van der Waals surface area contributed by atoms with E-state index in [9.17, 15) is 4.79 Å². The molecule has 2 heterocycles. The average molecular weight is 249 g/mol. The summed E-state index contributed by atoms with van der Waals surface area (Å²) in [5, 5.41) is 0.553. The Morgan fingerprint density at radius 1 is 1.16 bits per heavy atom. The Hall–Kier alpha value is -2.68. The third-order valence-corrected chi connectivity index (χ3v) is 2.98.